The summed E-state index contributed by atoms with van der Waals surface area (Å²) in [4.78, 5) is 12.3. The van der Waals surface area contributed by atoms with Crippen molar-refractivity contribution < 1.29 is 13.6 Å². The van der Waals surface area contributed by atoms with Crippen molar-refractivity contribution in [2.45, 2.75) is 0 Å². The molecule has 0 atom stereocenters. The normalized spacial score (nSPS) is 15.9. The number of hydrazine groups is 1. The van der Waals surface area contributed by atoms with Crippen LogP contribution in [0.1, 0.15) is 0 Å². The van der Waals surface area contributed by atoms with Crippen molar-refractivity contribution in [3.63, 3.8) is 0 Å². The van der Waals surface area contributed by atoms with Gasteiger partial charge in [-0.3, -0.25) is 10.3 Å². The molecule has 1 saturated heterocycles. The minimum atomic E-state index is -0.709. The second-order valence-corrected chi connectivity index (χ2v) is 2.82. The molecule has 0 radical (unpaired) electrons. The zero-order valence-corrected chi connectivity index (χ0v) is 7.05. The fourth-order valence-corrected chi connectivity index (χ4v) is 1.24. The molecule has 0 bridgehead atoms. The van der Waals surface area contributed by atoms with Gasteiger partial charge in [0.05, 0.1) is 12.4 Å². The Kier molecular flexibility index (Phi) is 2.05. The van der Waals surface area contributed by atoms with Crippen molar-refractivity contribution in [3.05, 3.63) is 29.8 Å². The van der Waals surface area contributed by atoms with Crippen LogP contribution in [-0.4, -0.2) is 12.7 Å². The van der Waals surface area contributed by atoms with Crippen LogP contribution in [0.3, 0.4) is 0 Å². The molecular weight excluding hydrogens is 192 g/mol. The van der Waals surface area contributed by atoms with Gasteiger partial charge in [0.25, 0.3) is 0 Å². The van der Waals surface area contributed by atoms with E-state index in [9.17, 15) is 13.6 Å². The van der Waals surface area contributed by atoms with E-state index < -0.39 is 17.7 Å². The van der Waals surface area contributed by atoms with E-state index in [1.807, 2.05) is 0 Å². The summed E-state index contributed by atoms with van der Waals surface area (Å²) in [6, 6.07) is 2.51. The van der Waals surface area contributed by atoms with Crippen LogP contribution >= 0.6 is 0 Å². The molecule has 1 aliphatic rings. The highest BCUT2D eigenvalue weighted by Gasteiger charge is 2.21. The van der Waals surface area contributed by atoms with Gasteiger partial charge in [-0.05, 0) is 12.1 Å². The molecule has 1 aliphatic heterocycles. The second-order valence-electron chi connectivity index (χ2n) is 2.82. The summed E-state index contributed by atoms with van der Waals surface area (Å²) in [6.45, 7) is 0.182. The van der Waals surface area contributed by atoms with Gasteiger partial charge in [0.1, 0.15) is 11.6 Å². The van der Waals surface area contributed by atoms with Crippen LogP contribution in [0.5, 0.6) is 0 Å². The van der Waals surface area contributed by atoms with E-state index >= 15 is 0 Å². The van der Waals surface area contributed by atoms with E-state index in [-0.39, 0.29) is 12.4 Å². The first-order valence-corrected chi connectivity index (χ1v) is 3.93. The number of rotatable bonds is 1. The summed E-state index contributed by atoms with van der Waals surface area (Å²) in [7, 11) is 0. The zero-order valence-electron chi connectivity index (χ0n) is 7.05. The van der Waals surface area contributed by atoms with Crippen LogP contribution in [-0.2, 0) is 0 Å². The summed E-state index contributed by atoms with van der Waals surface area (Å²) in [6.07, 6.45) is 0. The molecule has 0 saturated carbocycles. The van der Waals surface area contributed by atoms with Crippen LogP contribution in [0.2, 0.25) is 0 Å². The van der Waals surface area contributed by atoms with Gasteiger partial charge < -0.3 is 0 Å². The van der Waals surface area contributed by atoms with Crippen molar-refractivity contribution in [2.75, 3.05) is 11.6 Å². The molecule has 74 valence electrons. The molecule has 0 aromatic heterocycles. The second kappa shape index (κ2) is 3.22. The van der Waals surface area contributed by atoms with Crippen molar-refractivity contribution >= 4 is 11.7 Å². The van der Waals surface area contributed by atoms with E-state index in [0.29, 0.717) is 0 Å². The van der Waals surface area contributed by atoms with Crippen molar-refractivity contribution in [2.24, 2.45) is 0 Å². The molecule has 1 aromatic carbocycles. The van der Waals surface area contributed by atoms with Crippen LogP contribution < -0.4 is 15.8 Å². The Labute approximate surface area is 78.5 Å². The maximum absolute atomic E-state index is 12.8. The summed E-state index contributed by atoms with van der Waals surface area (Å²) in [5.41, 5.74) is 5.03. The third-order valence-electron chi connectivity index (χ3n) is 1.84. The molecule has 0 spiro atoms. The molecule has 14 heavy (non-hydrogen) atoms. The number of anilines is 1. The standard InChI is InChI=1S/C8H7F2N3O/c9-5-1-6(10)3-7(2-5)13-4-11-12-8(13)14/h1-3,11H,4H2,(H,12,14). The number of nitrogens with zero attached hydrogens (tertiary/aromatic N) is 1. The molecule has 6 heteroatoms. The van der Waals surface area contributed by atoms with Crippen LogP contribution in [0.25, 0.3) is 0 Å². The van der Waals surface area contributed by atoms with Crippen molar-refractivity contribution in [3.8, 4) is 0 Å². The highest BCUT2D eigenvalue weighted by Crippen LogP contribution is 2.18. The van der Waals surface area contributed by atoms with E-state index in [0.717, 1.165) is 18.2 Å². The number of hydrogen-bond acceptors (Lipinski definition) is 2. The lowest BCUT2D eigenvalue weighted by Gasteiger charge is -2.12. The quantitative estimate of drug-likeness (QED) is 0.707. The SMILES string of the molecule is O=C1NNCN1c1cc(F)cc(F)c1. The fraction of sp³-hybridized carbons (Fsp3) is 0.125. The smallest absolute Gasteiger partial charge is 0.278 e. The number of carbonyl (C=O) groups is 1. The third-order valence-corrected chi connectivity index (χ3v) is 1.84. The monoisotopic (exact) mass is 199 g/mol. The van der Waals surface area contributed by atoms with Gasteiger partial charge in [-0.25, -0.2) is 19.0 Å². The number of carbonyl (C=O) groups excluding carboxylic acids is 1. The Morgan fingerprint density at radius 3 is 2.36 bits per heavy atom. The Morgan fingerprint density at radius 1 is 1.21 bits per heavy atom. The number of benzene rings is 1. The lowest BCUT2D eigenvalue weighted by atomic mass is 10.3. The summed E-state index contributed by atoms with van der Waals surface area (Å²) in [5, 5.41) is 0. The molecule has 1 fully saturated rings. The van der Waals surface area contributed by atoms with Crippen LogP contribution in [0, 0.1) is 11.6 Å². The highest BCUT2D eigenvalue weighted by molar-refractivity contribution is 5.93. The van der Waals surface area contributed by atoms with Gasteiger partial charge in [-0.1, -0.05) is 0 Å². The molecule has 2 amide bonds. The van der Waals surface area contributed by atoms with E-state index in [1.54, 1.807) is 0 Å². The first-order valence-electron chi connectivity index (χ1n) is 3.93. The lowest BCUT2D eigenvalue weighted by Crippen LogP contribution is -2.28. The largest absolute Gasteiger partial charge is 0.337 e. The molecule has 0 aliphatic carbocycles. The van der Waals surface area contributed by atoms with E-state index in [4.69, 9.17) is 0 Å². The topological polar surface area (TPSA) is 44.4 Å². The minimum absolute atomic E-state index is 0.182. The van der Waals surface area contributed by atoms with Crippen LogP contribution in [0.4, 0.5) is 19.3 Å². The summed E-state index contributed by atoms with van der Waals surface area (Å²) < 4.78 is 25.6. The molecule has 4 nitrogen and oxygen atoms in total. The molecular formula is C8H7F2N3O. The van der Waals surface area contributed by atoms with Gasteiger partial charge >= 0.3 is 6.03 Å². The Morgan fingerprint density at radius 2 is 1.86 bits per heavy atom. The lowest BCUT2D eigenvalue weighted by molar-refractivity contribution is 0.250. The first kappa shape index (κ1) is 8.89. The average molecular weight is 199 g/mol. The average Bonchev–Trinajstić information content (AvgIpc) is 2.49. The number of halogens is 2. The molecule has 1 heterocycles. The number of hydrogen-bond donors (Lipinski definition) is 2. The molecule has 1 aromatic rings. The zero-order chi connectivity index (χ0) is 10.1. The Bertz CT molecular complexity index is 363. The third kappa shape index (κ3) is 1.51. The summed E-state index contributed by atoms with van der Waals surface area (Å²) >= 11 is 0. The van der Waals surface area contributed by atoms with E-state index in [2.05, 4.69) is 10.9 Å². The van der Waals surface area contributed by atoms with Gasteiger partial charge in [0.15, 0.2) is 0 Å². The fourth-order valence-electron chi connectivity index (χ4n) is 1.24. The van der Waals surface area contributed by atoms with Gasteiger partial charge in [0.2, 0.25) is 0 Å². The molecule has 2 rings (SSSR count). The number of amides is 2. The number of nitrogens with one attached hydrogen (secondary N) is 2. The van der Waals surface area contributed by atoms with Crippen LogP contribution in [0.15, 0.2) is 18.2 Å². The molecule has 0 unspecified atom stereocenters. The maximum Gasteiger partial charge on any atom is 0.337 e. The van der Waals surface area contributed by atoms with Gasteiger partial charge in [-0.15, -0.1) is 0 Å². The minimum Gasteiger partial charge on any atom is -0.278 e. The van der Waals surface area contributed by atoms with E-state index in [1.165, 1.54) is 4.90 Å². The Hall–Kier alpha value is -1.69. The summed E-state index contributed by atoms with van der Waals surface area (Å²) in [5.74, 6) is -1.42. The highest BCUT2D eigenvalue weighted by atomic mass is 19.1. The number of urea groups is 1. The maximum atomic E-state index is 12.8. The van der Waals surface area contributed by atoms with Gasteiger partial charge in [0, 0.05) is 6.07 Å². The van der Waals surface area contributed by atoms with Crippen molar-refractivity contribution in [1.82, 2.24) is 10.9 Å². The van der Waals surface area contributed by atoms with Crippen molar-refractivity contribution in [1.29, 1.82) is 0 Å². The first-order chi connectivity index (χ1) is 6.66. The Balaban J connectivity index is 2.35. The predicted molar refractivity (Wildman–Crippen MR) is 45.4 cm³/mol. The predicted octanol–water partition coefficient (Wildman–Crippen LogP) is 0.957. The van der Waals surface area contributed by atoms with Gasteiger partial charge in [-0.2, -0.15) is 0 Å². The molecule has 2 N–H and O–H groups in total.